The molecular weight excluding hydrogens is 548 g/mol. The molecule has 9 heteroatoms. The molecule has 1 amide bonds. The number of rotatable bonds is 9. The summed E-state index contributed by atoms with van der Waals surface area (Å²) >= 11 is 0. The number of para-hydroxylation sites is 1. The lowest BCUT2D eigenvalue weighted by atomic mass is 9.87. The summed E-state index contributed by atoms with van der Waals surface area (Å²) in [6.45, 7) is 6.14. The summed E-state index contributed by atoms with van der Waals surface area (Å²) in [5.74, 6) is -0.199. The van der Waals surface area contributed by atoms with Gasteiger partial charge in [0.1, 0.15) is 24.1 Å². The zero-order valence-corrected chi connectivity index (χ0v) is 24.6. The zero-order valence-electron chi connectivity index (χ0n) is 24.6. The standard InChI is InChI=1S/C34H36N2O7/c1-34(2,3)42-33(39)43-36-18-16-29(27-15-17-35(30(37)22-27)19-20-40-28-11-5-4-6-12-28)31(32(36)38)41-23-24-13-14-25-9-7-8-10-26(25)21-24/h4-15,17,21-22,29,31H,16,18-20,23H2,1-3H3. The van der Waals surface area contributed by atoms with Crippen LogP contribution in [0.25, 0.3) is 10.8 Å². The second-order valence-corrected chi connectivity index (χ2v) is 11.5. The lowest BCUT2D eigenvalue weighted by Gasteiger charge is -2.36. The SMILES string of the molecule is CC(C)(C)OC(=O)ON1CCC(c2ccn(CCOc3ccccc3)c(=O)c2)C(OCc2ccc3ccccc3c2)C1=O. The quantitative estimate of drug-likeness (QED) is 0.228. The van der Waals surface area contributed by atoms with Crippen LogP contribution in [0, 0.1) is 0 Å². The summed E-state index contributed by atoms with van der Waals surface area (Å²) in [6, 6.07) is 26.8. The van der Waals surface area contributed by atoms with Gasteiger partial charge in [-0.25, -0.2) is 4.79 Å². The Bertz CT molecular complexity index is 1630. The Kier molecular flexibility index (Phi) is 9.11. The molecule has 43 heavy (non-hydrogen) atoms. The summed E-state index contributed by atoms with van der Waals surface area (Å²) in [4.78, 5) is 44.3. The summed E-state index contributed by atoms with van der Waals surface area (Å²) < 4.78 is 18.8. The number of hydrogen-bond donors (Lipinski definition) is 0. The molecule has 1 aliphatic heterocycles. The number of carbonyl (C=O) groups is 2. The molecule has 3 aromatic carbocycles. The van der Waals surface area contributed by atoms with E-state index in [9.17, 15) is 14.4 Å². The number of amides is 1. The highest BCUT2D eigenvalue weighted by atomic mass is 16.8. The van der Waals surface area contributed by atoms with Gasteiger partial charge >= 0.3 is 6.16 Å². The summed E-state index contributed by atoms with van der Waals surface area (Å²) in [7, 11) is 0. The molecule has 1 aromatic heterocycles. The molecule has 0 radical (unpaired) electrons. The Hall–Kier alpha value is -4.63. The van der Waals surface area contributed by atoms with Gasteiger partial charge in [-0.2, -0.15) is 5.06 Å². The zero-order chi connectivity index (χ0) is 30.4. The molecule has 0 bridgehead atoms. The number of hydrogen-bond acceptors (Lipinski definition) is 7. The largest absolute Gasteiger partial charge is 0.534 e. The number of benzene rings is 3. The van der Waals surface area contributed by atoms with E-state index in [0.717, 1.165) is 27.1 Å². The fourth-order valence-electron chi connectivity index (χ4n) is 5.04. The van der Waals surface area contributed by atoms with Gasteiger partial charge in [-0.15, -0.1) is 0 Å². The molecule has 0 spiro atoms. The Labute approximate surface area is 250 Å². The Morgan fingerprint density at radius 2 is 1.65 bits per heavy atom. The summed E-state index contributed by atoms with van der Waals surface area (Å²) in [5, 5.41) is 3.16. The van der Waals surface area contributed by atoms with Crippen LogP contribution in [0.5, 0.6) is 5.75 Å². The fourth-order valence-corrected chi connectivity index (χ4v) is 5.04. The van der Waals surface area contributed by atoms with Crippen molar-refractivity contribution in [1.82, 2.24) is 9.63 Å². The van der Waals surface area contributed by atoms with E-state index in [0.29, 0.717) is 25.1 Å². The molecule has 2 atom stereocenters. The minimum Gasteiger partial charge on any atom is -0.492 e. The second kappa shape index (κ2) is 13.1. The lowest BCUT2D eigenvalue weighted by Crippen LogP contribution is -2.50. The van der Waals surface area contributed by atoms with Gasteiger partial charge in [-0.1, -0.05) is 54.6 Å². The molecule has 224 valence electrons. The third-order valence-electron chi connectivity index (χ3n) is 7.11. The van der Waals surface area contributed by atoms with E-state index in [1.807, 2.05) is 78.9 Å². The molecule has 2 unspecified atom stereocenters. The van der Waals surface area contributed by atoms with Gasteiger partial charge in [-0.3, -0.25) is 9.59 Å². The Balaban J connectivity index is 1.32. The molecule has 0 aliphatic carbocycles. The van der Waals surface area contributed by atoms with Crippen molar-refractivity contribution in [2.45, 2.75) is 58.0 Å². The van der Waals surface area contributed by atoms with Crippen molar-refractivity contribution in [1.29, 1.82) is 0 Å². The molecule has 2 heterocycles. The summed E-state index contributed by atoms with van der Waals surface area (Å²) in [6.07, 6.45) is 0.171. The van der Waals surface area contributed by atoms with E-state index in [-0.39, 0.29) is 18.7 Å². The van der Waals surface area contributed by atoms with Crippen molar-refractivity contribution in [3.63, 3.8) is 0 Å². The van der Waals surface area contributed by atoms with Gasteiger partial charge in [0.05, 0.1) is 19.7 Å². The molecule has 1 saturated heterocycles. The van der Waals surface area contributed by atoms with Crippen molar-refractivity contribution in [3.8, 4) is 5.75 Å². The van der Waals surface area contributed by atoms with Crippen molar-refractivity contribution in [2.75, 3.05) is 13.2 Å². The maximum Gasteiger partial charge on any atom is 0.534 e. The number of piperidine rings is 1. The molecule has 0 saturated carbocycles. The number of ether oxygens (including phenoxy) is 3. The first-order chi connectivity index (χ1) is 20.7. The summed E-state index contributed by atoms with van der Waals surface area (Å²) in [5.41, 5.74) is 0.589. The number of hydroxylamine groups is 2. The minimum absolute atomic E-state index is 0.132. The molecule has 9 nitrogen and oxygen atoms in total. The van der Waals surface area contributed by atoms with E-state index in [1.165, 1.54) is 6.07 Å². The van der Waals surface area contributed by atoms with Crippen LogP contribution in [0.3, 0.4) is 0 Å². The first-order valence-corrected chi connectivity index (χ1v) is 14.4. The smallest absolute Gasteiger partial charge is 0.492 e. The monoisotopic (exact) mass is 584 g/mol. The molecule has 4 aromatic rings. The normalized spacial score (nSPS) is 17.1. The highest BCUT2D eigenvalue weighted by Gasteiger charge is 2.41. The Morgan fingerprint density at radius 1 is 0.907 bits per heavy atom. The van der Waals surface area contributed by atoms with E-state index in [1.54, 1.807) is 31.5 Å². The van der Waals surface area contributed by atoms with Crippen molar-refractivity contribution >= 4 is 22.8 Å². The molecular formula is C34H36N2O7. The molecule has 0 N–H and O–H groups in total. The maximum atomic E-state index is 13.6. The van der Waals surface area contributed by atoms with Crippen LogP contribution in [0.15, 0.2) is 95.9 Å². The van der Waals surface area contributed by atoms with Crippen LogP contribution < -0.4 is 10.3 Å². The van der Waals surface area contributed by atoms with Crippen LogP contribution in [-0.4, -0.2) is 46.5 Å². The number of fused-ring (bicyclic) bond motifs is 1. The van der Waals surface area contributed by atoms with Gasteiger partial charge < -0.3 is 23.6 Å². The van der Waals surface area contributed by atoms with E-state index >= 15 is 0 Å². The highest BCUT2D eigenvalue weighted by Crippen LogP contribution is 2.32. The highest BCUT2D eigenvalue weighted by molar-refractivity contribution is 5.84. The average molecular weight is 585 g/mol. The van der Waals surface area contributed by atoms with Crippen LogP contribution in [-0.2, 0) is 32.3 Å². The maximum absolute atomic E-state index is 13.6. The van der Waals surface area contributed by atoms with Crippen molar-refractivity contribution < 1.29 is 28.6 Å². The predicted octanol–water partition coefficient (Wildman–Crippen LogP) is 5.85. The van der Waals surface area contributed by atoms with Crippen molar-refractivity contribution in [2.24, 2.45) is 0 Å². The Morgan fingerprint density at radius 3 is 2.40 bits per heavy atom. The second-order valence-electron chi connectivity index (χ2n) is 11.5. The fraction of sp³-hybridized carbons (Fsp3) is 0.324. The van der Waals surface area contributed by atoms with E-state index in [4.69, 9.17) is 19.0 Å². The molecule has 5 rings (SSSR count). The van der Waals surface area contributed by atoms with E-state index in [2.05, 4.69) is 0 Å². The first-order valence-electron chi connectivity index (χ1n) is 14.4. The van der Waals surface area contributed by atoms with Crippen LogP contribution in [0.2, 0.25) is 0 Å². The van der Waals surface area contributed by atoms with Crippen LogP contribution in [0.1, 0.15) is 44.2 Å². The lowest BCUT2D eigenvalue weighted by molar-refractivity contribution is -0.198. The predicted molar refractivity (Wildman–Crippen MR) is 162 cm³/mol. The van der Waals surface area contributed by atoms with Gasteiger partial charge in [0, 0.05) is 18.2 Å². The van der Waals surface area contributed by atoms with Crippen LogP contribution in [0.4, 0.5) is 4.79 Å². The van der Waals surface area contributed by atoms with Gasteiger partial charge in [-0.05, 0) is 73.4 Å². The van der Waals surface area contributed by atoms with Crippen molar-refractivity contribution in [3.05, 3.63) is 113 Å². The number of pyridine rings is 1. The van der Waals surface area contributed by atoms with E-state index < -0.39 is 29.7 Å². The first kappa shape index (κ1) is 29.8. The third-order valence-corrected chi connectivity index (χ3v) is 7.11. The topological polar surface area (TPSA) is 96.3 Å². The third kappa shape index (κ3) is 7.81. The molecule has 1 fully saturated rings. The number of nitrogens with zero attached hydrogens (tertiary/aromatic N) is 2. The van der Waals surface area contributed by atoms with Gasteiger partial charge in [0.25, 0.3) is 11.5 Å². The minimum atomic E-state index is -0.987. The van der Waals surface area contributed by atoms with Gasteiger partial charge in [0.2, 0.25) is 0 Å². The van der Waals surface area contributed by atoms with Gasteiger partial charge in [0.15, 0.2) is 0 Å². The number of aromatic nitrogens is 1. The molecule has 1 aliphatic rings. The van der Waals surface area contributed by atoms with Crippen LogP contribution >= 0.6 is 0 Å². The number of carbonyl (C=O) groups excluding carboxylic acids is 2. The average Bonchev–Trinajstić information content (AvgIpc) is 2.98.